The smallest absolute Gasteiger partial charge is 0.278 e. The fourth-order valence-electron chi connectivity index (χ4n) is 1.03. The summed E-state index contributed by atoms with van der Waals surface area (Å²) in [4.78, 5) is 4.09. The quantitative estimate of drug-likeness (QED) is 0.734. The molecule has 0 spiro atoms. The van der Waals surface area contributed by atoms with Crippen molar-refractivity contribution in [1.29, 1.82) is 0 Å². The Morgan fingerprint density at radius 2 is 2.20 bits per heavy atom. The summed E-state index contributed by atoms with van der Waals surface area (Å²) in [6.07, 6.45) is 4.15. The van der Waals surface area contributed by atoms with Crippen LogP contribution in [0.5, 0.6) is 0 Å². The number of hydrogen-bond donors (Lipinski definition) is 1. The number of hydrogen-bond acceptors (Lipinski definition) is 3. The Morgan fingerprint density at radius 1 is 1.53 bits per heavy atom. The minimum atomic E-state index is -3.31. The Bertz CT molecular complexity index is 410. The van der Waals surface area contributed by atoms with Crippen LogP contribution in [0.15, 0.2) is 12.5 Å². The van der Waals surface area contributed by atoms with Gasteiger partial charge in [-0.2, -0.15) is 12.7 Å². The first-order valence-electron chi connectivity index (χ1n) is 4.56. The minimum Gasteiger partial charge on any atom is -0.340 e. The Labute approximate surface area is 90.1 Å². The van der Waals surface area contributed by atoms with E-state index in [4.69, 9.17) is 0 Å². The molecule has 6 nitrogen and oxygen atoms in total. The molecule has 0 amide bonds. The van der Waals surface area contributed by atoms with Crippen LogP contribution in [0, 0.1) is 0 Å². The number of aryl methyl sites for hydroxylation is 1. The van der Waals surface area contributed by atoms with E-state index in [1.54, 1.807) is 6.33 Å². The third kappa shape index (κ3) is 3.61. The van der Waals surface area contributed by atoms with Crippen LogP contribution in [0.25, 0.3) is 0 Å². The van der Waals surface area contributed by atoms with Gasteiger partial charge in [-0.1, -0.05) is 0 Å². The van der Waals surface area contributed by atoms with Crippen molar-refractivity contribution in [2.24, 2.45) is 7.05 Å². The van der Waals surface area contributed by atoms with Gasteiger partial charge < -0.3 is 4.57 Å². The summed E-state index contributed by atoms with van der Waals surface area (Å²) in [6.45, 7) is 0.359. The first kappa shape index (κ1) is 12.2. The monoisotopic (exact) mass is 232 g/mol. The molecule has 0 saturated carbocycles. The van der Waals surface area contributed by atoms with E-state index in [1.165, 1.54) is 14.1 Å². The summed E-state index contributed by atoms with van der Waals surface area (Å²) in [5.74, 6) is 0. The van der Waals surface area contributed by atoms with E-state index in [-0.39, 0.29) is 0 Å². The lowest BCUT2D eigenvalue weighted by molar-refractivity contribution is 0.505. The maximum absolute atomic E-state index is 11.3. The average Bonchev–Trinajstić information content (AvgIpc) is 2.51. The van der Waals surface area contributed by atoms with Crippen LogP contribution >= 0.6 is 0 Å². The maximum Gasteiger partial charge on any atom is 0.278 e. The molecular weight excluding hydrogens is 216 g/mol. The van der Waals surface area contributed by atoms with Crippen molar-refractivity contribution in [1.82, 2.24) is 18.6 Å². The highest BCUT2D eigenvalue weighted by Gasteiger charge is 2.11. The molecule has 1 aromatic heterocycles. The highest BCUT2D eigenvalue weighted by molar-refractivity contribution is 7.87. The van der Waals surface area contributed by atoms with E-state index in [2.05, 4.69) is 9.71 Å². The second kappa shape index (κ2) is 4.73. The summed E-state index contributed by atoms with van der Waals surface area (Å²) in [7, 11) is 1.54. The van der Waals surface area contributed by atoms with Crippen molar-refractivity contribution in [3.8, 4) is 0 Å². The van der Waals surface area contributed by atoms with Gasteiger partial charge in [0, 0.05) is 40.3 Å². The lowest BCUT2D eigenvalue weighted by atomic mass is 10.3. The van der Waals surface area contributed by atoms with Crippen molar-refractivity contribution in [2.45, 2.75) is 6.42 Å². The van der Waals surface area contributed by atoms with Crippen LogP contribution in [-0.4, -0.2) is 42.9 Å². The van der Waals surface area contributed by atoms with Gasteiger partial charge in [-0.25, -0.2) is 9.71 Å². The second-order valence-electron chi connectivity index (χ2n) is 3.46. The molecule has 0 saturated heterocycles. The molecule has 1 rings (SSSR count). The minimum absolute atomic E-state index is 0.359. The van der Waals surface area contributed by atoms with Crippen LogP contribution in [-0.2, 0) is 23.7 Å². The summed E-state index contributed by atoms with van der Waals surface area (Å²) < 4.78 is 28.1. The standard InChI is InChI=1S/C8H16N4O2S/c1-11(2)15(13,14)10-5-4-8-6-12(3)7-9-8/h6-7,10H,4-5H2,1-3H3. The fraction of sp³-hybridized carbons (Fsp3) is 0.625. The highest BCUT2D eigenvalue weighted by Crippen LogP contribution is 1.95. The van der Waals surface area contributed by atoms with Gasteiger partial charge in [0.2, 0.25) is 0 Å². The van der Waals surface area contributed by atoms with Gasteiger partial charge in [-0.3, -0.25) is 0 Å². The average molecular weight is 232 g/mol. The van der Waals surface area contributed by atoms with E-state index in [0.717, 1.165) is 10.00 Å². The number of imidazole rings is 1. The Hall–Kier alpha value is -0.920. The Balaban J connectivity index is 2.40. The van der Waals surface area contributed by atoms with Gasteiger partial charge in [0.25, 0.3) is 10.2 Å². The molecule has 0 aromatic carbocycles. The molecule has 0 aliphatic carbocycles. The lowest BCUT2D eigenvalue weighted by Crippen LogP contribution is -2.36. The second-order valence-corrected chi connectivity index (χ2v) is 5.43. The van der Waals surface area contributed by atoms with Crippen LogP contribution in [0.4, 0.5) is 0 Å². The molecule has 0 fully saturated rings. The van der Waals surface area contributed by atoms with E-state index in [9.17, 15) is 8.42 Å². The summed E-state index contributed by atoms with van der Waals surface area (Å²) in [6, 6.07) is 0. The van der Waals surface area contributed by atoms with Crippen LogP contribution in [0.2, 0.25) is 0 Å². The van der Waals surface area contributed by atoms with E-state index < -0.39 is 10.2 Å². The molecule has 86 valence electrons. The molecule has 0 unspecified atom stereocenters. The lowest BCUT2D eigenvalue weighted by Gasteiger charge is -2.11. The zero-order chi connectivity index (χ0) is 11.5. The molecule has 0 aliphatic heterocycles. The molecule has 0 bridgehead atoms. The first-order chi connectivity index (χ1) is 6.92. The van der Waals surface area contributed by atoms with E-state index >= 15 is 0 Å². The van der Waals surface area contributed by atoms with Crippen LogP contribution < -0.4 is 4.72 Å². The first-order valence-corrected chi connectivity index (χ1v) is 6.00. The number of rotatable bonds is 5. The Kier molecular flexibility index (Phi) is 3.83. The fourth-order valence-corrected chi connectivity index (χ4v) is 1.65. The predicted octanol–water partition coefficient (Wildman–Crippen LogP) is -0.641. The summed E-state index contributed by atoms with van der Waals surface area (Å²) in [5, 5.41) is 0. The molecule has 1 heterocycles. The van der Waals surface area contributed by atoms with Gasteiger partial charge in [0.15, 0.2) is 0 Å². The number of nitrogens with one attached hydrogen (secondary N) is 1. The third-order valence-electron chi connectivity index (χ3n) is 1.90. The van der Waals surface area contributed by atoms with Crippen molar-refractivity contribution >= 4 is 10.2 Å². The van der Waals surface area contributed by atoms with Crippen molar-refractivity contribution in [2.75, 3.05) is 20.6 Å². The van der Waals surface area contributed by atoms with Crippen LogP contribution in [0.1, 0.15) is 5.69 Å². The van der Waals surface area contributed by atoms with E-state index in [1.807, 2.05) is 17.8 Å². The zero-order valence-corrected chi connectivity index (χ0v) is 9.95. The van der Waals surface area contributed by atoms with E-state index in [0.29, 0.717) is 13.0 Å². The van der Waals surface area contributed by atoms with Gasteiger partial charge in [-0.05, 0) is 0 Å². The maximum atomic E-state index is 11.3. The van der Waals surface area contributed by atoms with Crippen molar-refractivity contribution < 1.29 is 8.42 Å². The topological polar surface area (TPSA) is 67.2 Å². The third-order valence-corrected chi connectivity index (χ3v) is 3.44. The largest absolute Gasteiger partial charge is 0.340 e. The van der Waals surface area contributed by atoms with Gasteiger partial charge in [0.05, 0.1) is 12.0 Å². The molecule has 0 aliphatic rings. The van der Waals surface area contributed by atoms with Crippen LogP contribution in [0.3, 0.4) is 0 Å². The molecule has 1 aromatic rings. The highest BCUT2D eigenvalue weighted by atomic mass is 32.2. The summed E-state index contributed by atoms with van der Waals surface area (Å²) >= 11 is 0. The van der Waals surface area contributed by atoms with Gasteiger partial charge in [0.1, 0.15) is 0 Å². The summed E-state index contributed by atoms with van der Waals surface area (Å²) in [5.41, 5.74) is 0.874. The predicted molar refractivity (Wildman–Crippen MR) is 57.5 cm³/mol. The normalized spacial score (nSPS) is 12.3. The van der Waals surface area contributed by atoms with Crippen molar-refractivity contribution in [3.05, 3.63) is 18.2 Å². The molecule has 0 radical (unpaired) electrons. The number of aromatic nitrogens is 2. The SMILES string of the molecule is CN(C)S(=O)(=O)NCCc1cn(C)cn1. The molecule has 15 heavy (non-hydrogen) atoms. The van der Waals surface area contributed by atoms with Crippen molar-refractivity contribution in [3.63, 3.8) is 0 Å². The van der Waals surface area contributed by atoms with Gasteiger partial charge >= 0.3 is 0 Å². The molecule has 1 N–H and O–H groups in total. The molecular formula is C8H16N4O2S. The van der Waals surface area contributed by atoms with Gasteiger partial charge in [-0.15, -0.1) is 0 Å². The molecule has 7 heteroatoms. The molecule has 0 atom stereocenters. The Morgan fingerprint density at radius 3 is 2.67 bits per heavy atom. The zero-order valence-electron chi connectivity index (χ0n) is 9.14. The number of nitrogens with zero attached hydrogens (tertiary/aromatic N) is 3.